The van der Waals surface area contributed by atoms with Crippen molar-refractivity contribution in [2.45, 2.75) is 32.2 Å². The second kappa shape index (κ2) is 7.14. The van der Waals surface area contributed by atoms with Crippen molar-refractivity contribution in [2.24, 2.45) is 5.92 Å². The Labute approximate surface area is 156 Å². The lowest BCUT2D eigenvalue weighted by atomic mass is 9.86. The molecule has 5 heteroatoms. The van der Waals surface area contributed by atoms with Crippen LogP contribution >= 0.6 is 0 Å². The molecule has 0 N–H and O–H groups in total. The molecule has 2 heterocycles. The third kappa shape index (κ3) is 3.31. The molecule has 1 atom stereocenters. The lowest BCUT2D eigenvalue weighted by Crippen LogP contribution is -2.49. The van der Waals surface area contributed by atoms with E-state index >= 15 is 0 Å². The highest BCUT2D eigenvalue weighted by molar-refractivity contribution is 7.86. The summed E-state index contributed by atoms with van der Waals surface area (Å²) in [6.07, 6.45) is 1.90. The Bertz CT molecular complexity index is 859. The first-order valence-electron chi connectivity index (χ1n) is 9.43. The lowest BCUT2D eigenvalue weighted by Gasteiger charge is -2.38. The Balaban J connectivity index is 1.67. The zero-order valence-corrected chi connectivity index (χ0v) is 16.0. The quantitative estimate of drug-likeness (QED) is 0.828. The van der Waals surface area contributed by atoms with E-state index in [0.29, 0.717) is 32.1 Å². The molecule has 26 heavy (non-hydrogen) atoms. The van der Waals surface area contributed by atoms with E-state index in [1.165, 1.54) is 11.1 Å². The fourth-order valence-corrected chi connectivity index (χ4v) is 5.74. The molecule has 4 nitrogen and oxygen atoms in total. The molecule has 2 aliphatic heterocycles. The molecule has 1 saturated heterocycles. The molecule has 1 fully saturated rings. The number of benzene rings is 2. The summed E-state index contributed by atoms with van der Waals surface area (Å²) in [5.74, 6) is 0.695. The van der Waals surface area contributed by atoms with E-state index in [0.717, 1.165) is 18.4 Å². The fraction of sp³-hybridized carbons (Fsp3) is 0.429. The molecular formula is C21H26N2O2S. The topological polar surface area (TPSA) is 40.6 Å². The summed E-state index contributed by atoms with van der Waals surface area (Å²) in [6.45, 7) is 4.45. The van der Waals surface area contributed by atoms with Gasteiger partial charge >= 0.3 is 0 Å². The summed E-state index contributed by atoms with van der Waals surface area (Å²) < 4.78 is 29.9. The molecule has 2 aromatic rings. The average Bonchev–Trinajstić information content (AvgIpc) is 2.68. The minimum Gasteiger partial charge on any atom is -0.195 e. The van der Waals surface area contributed by atoms with Crippen molar-refractivity contribution in [1.29, 1.82) is 0 Å². The molecule has 0 bridgehead atoms. The van der Waals surface area contributed by atoms with Gasteiger partial charge in [0.1, 0.15) is 0 Å². The Morgan fingerprint density at radius 2 is 1.54 bits per heavy atom. The molecule has 0 aromatic heterocycles. The summed E-state index contributed by atoms with van der Waals surface area (Å²) in [5.41, 5.74) is 3.53. The van der Waals surface area contributed by atoms with Crippen molar-refractivity contribution >= 4 is 10.2 Å². The zero-order valence-electron chi connectivity index (χ0n) is 15.2. The van der Waals surface area contributed by atoms with Crippen molar-refractivity contribution in [3.8, 4) is 0 Å². The number of hydrogen-bond acceptors (Lipinski definition) is 2. The van der Waals surface area contributed by atoms with Gasteiger partial charge in [-0.3, -0.25) is 0 Å². The molecule has 2 aromatic carbocycles. The molecule has 4 rings (SSSR count). The highest BCUT2D eigenvalue weighted by atomic mass is 32.2. The third-order valence-corrected chi connectivity index (χ3v) is 7.71. The average molecular weight is 371 g/mol. The van der Waals surface area contributed by atoms with Gasteiger partial charge in [-0.1, -0.05) is 61.5 Å². The van der Waals surface area contributed by atoms with Gasteiger partial charge in [0, 0.05) is 32.1 Å². The first-order valence-corrected chi connectivity index (χ1v) is 10.8. The maximum Gasteiger partial charge on any atom is 0.282 e. The van der Waals surface area contributed by atoms with Crippen molar-refractivity contribution < 1.29 is 8.42 Å². The van der Waals surface area contributed by atoms with Gasteiger partial charge in [-0.2, -0.15) is 17.0 Å². The van der Waals surface area contributed by atoms with Gasteiger partial charge in [-0.25, -0.2) is 0 Å². The normalized spacial score (nSPS) is 22.9. The predicted octanol–water partition coefficient (Wildman–Crippen LogP) is 3.61. The second-order valence-corrected chi connectivity index (χ2v) is 9.47. The largest absolute Gasteiger partial charge is 0.282 e. The number of rotatable bonds is 3. The van der Waals surface area contributed by atoms with Gasteiger partial charge in [0.15, 0.2) is 0 Å². The first kappa shape index (κ1) is 17.7. The van der Waals surface area contributed by atoms with Crippen molar-refractivity contribution in [2.75, 3.05) is 19.6 Å². The molecule has 138 valence electrons. The Morgan fingerprint density at radius 1 is 0.885 bits per heavy atom. The predicted molar refractivity (Wildman–Crippen MR) is 104 cm³/mol. The van der Waals surface area contributed by atoms with Crippen LogP contribution in [0.4, 0.5) is 0 Å². The molecule has 0 amide bonds. The van der Waals surface area contributed by atoms with Crippen molar-refractivity contribution in [3.05, 3.63) is 71.3 Å². The van der Waals surface area contributed by atoms with Gasteiger partial charge in [-0.05, 0) is 35.4 Å². The standard InChI is InChI=1S/C21H26N2O2S/c1-17-11-13-22(14-12-17)26(24,25)23-15-19-9-5-6-10-20(19)21(16-23)18-7-3-2-4-8-18/h2-10,17,21H,11-16H2,1H3/t21-/m1/s1. The minimum atomic E-state index is -3.43. The molecular weight excluding hydrogens is 344 g/mol. The molecule has 0 unspecified atom stereocenters. The highest BCUT2D eigenvalue weighted by Gasteiger charge is 2.37. The zero-order chi connectivity index (χ0) is 18.1. The maximum atomic E-state index is 13.3. The van der Waals surface area contributed by atoms with Gasteiger partial charge < -0.3 is 0 Å². The summed E-state index contributed by atoms with van der Waals surface area (Å²) in [6, 6.07) is 18.5. The molecule has 2 aliphatic rings. The van der Waals surface area contributed by atoms with Crippen LogP contribution < -0.4 is 0 Å². The van der Waals surface area contributed by atoms with E-state index in [2.05, 4.69) is 31.2 Å². The summed E-state index contributed by atoms with van der Waals surface area (Å²) >= 11 is 0. The van der Waals surface area contributed by atoms with E-state index in [4.69, 9.17) is 0 Å². The van der Waals surface area contributed by atoms with Gasteiger partial charge in [0.05, 0.1) is 0 Å². The van der Waals surface area contributed by atoms with E-state index < -0.39 is 10.2 Å². The molecule has 0 saturated carbocycles. The van der Waals surface area contributed by atoms with Crippen molar-refractivity contribution in [1.82, 2.24) is 8.61 Å². The first-order chi connectivity index (χ1) is 12.6. The van der Waals surface area contributed by atoms with E-state index in [-0.39, 0.29) is 5.92 Å². The molecule has 0 aliphatic carbocycles. The van der Waals surface area contributed by atoms with Crippen LogP contribution in [0, 0.1) is 5.92 Å². The SMILES string of the molecule is CC1CCN(S(=O)(=O)N2Cc3ccccc3[C@@H](c3ccccc3)C2)CC1. The Hall–Kier alpha value is -1.69. The number of nitrogens with zero attached hydrogens (tertiary/aromatic N) is 2. The van der Waals surface area contributed by atoms with Crippen LogP contribution in [0.2, 0.25) is 0 Å². The maximum absolute atomic E-state index is 13.3. The van der Waals surface area contributed by atoms with Gasteiger partial charge in [-0.15, -0.1) is 0 Å². The lowest BCUT2D eigenvalue weighted by molar-refractivity contribution is 0.257. The van der Waals surface area contributed by atoms with E-state index in [1.807, 2.05) is 30.3 Å². The van der Waals surface area contributed by atoms with Crippen molar-refractivity contribution in [3.63, 3.8) is 0 Å². The summed E-state index contributed by atoms with van der Waals surface area (Å²) in [5, 5.41) is 0. The van der Waals surface area contributed by atoms with E-state index in [1.54, 1.807) is 8.61 Å². The highest BCUT2D eigenvalue weighted by Crippen LogP contribution is 2.35. The number of fused-ring (bicyclic) bond motifs is 1. The van der Waals surface area contributed by atoms with Gasteiger partial charge in [0.25, 0.3) is 10.2 Å². The van der Waals surface area contributed by atoms with Crippen LogP contribution in [-0.4, -0.2) is 36.7 Å². The van der Waals surface area contributed by atoms with E-state index in [9.17, 15) is 8.42 Å². The minimum absolute atomic E-state index is 0.0830. The molecule has 0 spiro atoms. The van der Waals surface area contributed by atoms with Crippen LogP contribution in [0.3, 0.4) is 0 Å². The van der Waals surface area contributed by atoms with Crippen LogP contribution in [0.25, 0.3) is 0 Å². The Kier molecular flexibility index (Phi) is 4.86. The monoisotopic (exact) mass is 370 g/mol. The van der Waals surface area contributed by atoms with Crippen LogP contribution in [0.1, 0.15) is 42.4 Å². The van der Waals surface area contributed by atoms with Crippen LogP contribution in [-0.2, 0) is 16.8 Å². The summed E-state index contributed by atoms with van der Waals surface area (Å²) in [4.78, 5) is 0. The number of piperidine rings is 1. The summed E-state index contributed by atoms with van der Waals surface area (Å²) in [7, 11) is -3.43. The van der Waals surface area contributed by atoms with Gasteiger partial charge in [0.2, 0.25) is 0 Å². The molecule has 0 radical (unpaired) electrons. The number of hydrogen-bond donors (Lipinski definition) is 0. The fourth-order valence-electron chi connectivity index (χ4n) is 4.10. The third-order valence-electron chi connectivity index (χ3n) is 5.76. The smallest absolute Gasteiger partial charge is 0.195 e. The second-order valence-electron chi connectivity index (χ2n) is 7.54. The Morgan fingerprint density at radius 3 is 2.27 bits per heavy atom. The van der Waals surface area contributed by atoms with Crippen LogP contribution in [0.5, 0.6) is 0 Å². The van der Waals surface area contributed by atoms with Crippen LogP contribution in [0.15, 0.2) is 54.6 Å².